The SMILES string of the molecule is CCCOc1ccc(S(=O)(=O)NC2CCC(=O)NC2)cc1. The molecule has 0 aromatic heterocycles. The third-order valence-electron chi connectivity index (χ3n) is 3.19. The van der Waals surface area contributed by atoms with E-state index in [1.807, 2.05) is 6.92 Å². The number of hydrogen-bond acceptors (Lipinski definition) is 4. The molecule has 1 fully saturated rings. The highest BCUT2D eigenvalue weighted by molar-refractivity contribution is 7.89. The minimum absolute atomic E-state index is 0.0390. The largest absolute Gasteiger partial charge is 0.494 e. The zero-order chi connectivity index (χ0) is 15.3. The van der Waals surface area contributed by atoms with Gasteiger partial charge in [-0.15, -0.1) is 0 Å². The van der Waals surface area contributed by atoms with Gasteiger partial charge in [0, 0.05) is 19.0 Å². The number of amides is 1. The first-order valence-corrected chi connectivity index (χ1v) is 8.51. The summed E-state index contributed by atoms with van der Waals surface area (Å²) in [6.07, 6.45) is 1.76. The number of carbonyl (C=O) groups is 1. The van der Waals surface area contributed by atoms with Crippen LogP contribution < -0.4 is 14.8 Å². The Kier molecular flexibility index (Phi) is 5.19. The fourth-order valence-corrected chi connectivity index (χ4v) is 3.33. The molecule has 1 unspecified atom stereocenters. The molecule has 0 bridgehead atoms. The Balaban J connectivity index is 2.00. The molecule has 116 valence electrons. The molecule has 6 nitrogen and oxygen atoms in total. The fraction of sp³-hybridized carbons (Fsp3) is 0.500. The van der Waals surface area contributed by atoms with Crippen LogP contribution in [0.15, 0.2) is 29.2 Å². The van der Waals surface area contributed by atoms with Crippen LogP contribution in [0.2, 0.25) is 0 Å². The van der Waals surface area contributed by atoms with E-state index in [9.17, 15) is 13.2 Å². The Hall–Kier alpha value is -1.60. The van der Waals surface area contributed by atoms with Crippen molar-refractivity contribution in [3.8, 4) is 5.75 Å². The van der Waals surface area contributed by atoms with Gasteiger partial charge in [0.25, 0.3) is 0 Å². The smallest absolute Gasteiger partial charge is 0.240 e. The highest BCUT2D eigenvalue weighted by Crippen LogP contribution is 2.17. The lowest BCUT2D eigenvalue weighted by atomic mass is 10.1. The molecular weight excluding hydrogens is 292 g/mol. The summed E-state index contributed by atoms with van der Waals surface area (Å²) in [5.74, 6) is 0.614. The first kappa shape index (κ1) is 15.8. The number of benzene rings is 1. The standard InChI is InChI=1S/C14H20N2O4S/c1-2-9-20-12-4-6-13(7-5-12)21(18,19)16-11-3-8-14(17)15-10-11/h4-7,11,16H,2-3,8-10H2,1H3,(H,15,17). The summed E-state index contributed by atoms with van der Waals surface area (Å²) >= 11 is 0. The molecule has 2 rings (SSSR count). The summed E-state index contributed by atoms with van der Waals surface area (Å²) in [6.45, 7) is 2.94. The van der Waals surface area contributed by atoms with Gasteiger partial charge in [-0.1, -0.05) is 6.92 Å². The van der Waals surface area contributed by atoms with Gasteiger partial charge in [-0.25, -0.2) is 13.1 Å². The highest BCUT2D eigenvalue weighted by atomic mass is 32.2. The van der Waals surface area contributed by atoms with Crippen molar-refractivity contribution in [3.63, 3.8) is 0 Å². The van der Waals surface area contributed by atoms with Crippen molar-refractivity contribution in [2.24, 2.45) is 0 Å². The molecule has 1 aliphatic heterocycles. The average molecular weight is 312 g/mol. The normalized spacial score (nSPS) is 19.1. The van der Waals surface area contributed by atoms with Crippen LogP contribution in [0.1, 0.15) is 26.2 Å². The second-order valence-corrected chi connectivity index (χ2v) is 6.69. The van der Waals surface area contributed by atoms with E-state index >= 15 is 0 Å². The predicted molar refractivity (Wildman–Crippen MR) is 78.6 cm³/mol. The summed E-state index contributed by atoms with van der Waals surface area (Å²) in [7, 11) is -3.57. The van der Waals surface area contributed by atoms with Crippen molar-refractivity contribution < 1.29 is 17.9 Å². The molecule has 1 amide bonds. The van der Waals surface area contributed by atoms with Crippen LogP contribution in [-0.4, -0.2) is 33.5 Å². The number of piperidine rings is 1. The van der Waals surface area contributed by atoms with Crippen LogP contribution in [0.25, 0.3) is 0 Å². The zero-order valence-corrected chi connectivity index (χ0v) is 12.8. The minimum atomic E-state index is -3.57. The Labute approximate surface area is 124 Å². The first-order chi connectivity index (χ1) is 10.0. The van der Waals surface area contributed by atoms with Gasteiger partial charge in [-0.05, 0) is 37.1 Å². The third kappa shape index (κ3) is 4.44. The van der Waals surface area contributed by atoms with Crippen molar-refractivity contribution in [1.82, 2.24) is 10.0 Å². The van der Waals surface area contributed by atoms with E-state index in [0.29, 0.717) is 31.7 Å². The molecule has 0 radical (unpaired) electrons. The lowest BCUT2D eigenvalue weighted by Gasteiger charge is -2.23. The minimum Gasteiger partial charge on any atom is -0.494 e. The molecule has 1 aromatic rings. The molecule has 21 heavy (non-hydrogen) atoms. The Morgan fingerprint density at radius 1 is 1.33 bits per heavy atom. The lowest BCUT2D eigenvalue weighted by Crippen LogP contribution is -2.47. The summed E-state index contributed by atoms with van der Waals surface area (Å²) in [6, 6.07) is 6.08. The third-order valence-corrected chi connectivity index (χ3v) is 4.73. The highest BCUT2D eigenvalue weighted by Gasteiger charge is 2.24. The van der Waals surface area contributed by atoms with Crippen molar-refractivity contribution in [1.29, 1.82) is 0 Å². The van der Waals surface area contributed by atoms with Gasteiger partial charge >= 0.3 is 0 Å². The molecule has 0 spiro atoms. The second kappa shape index (κ2) is 6.91. The maximum atomic E-state index is 12.2. The number of rotatable bonds is 6. The predicted octanol–water partition coefficient (Wildman–Crippen LogP) is 1.03. The summed E-state index contributed by atoms with van der Waals surface area (Å²) in [5.41, 5.74) is 0. The molecule has 1 aromatic carbocycles. The average Bonchev–Trinajstić information content (AvgIpc) is 2.48. The van der Waals surface area contributed by atoms with Gasteiger partial charge in [0.05, 0.1) is 11.5 Å². The Bertz CT molecular complexity index is 573. The zero-order valence-electron chi connectivity index (χ0n) is 12.0. The van der Waals surface area contributed by atoms with Gasteiger partial charge in [-0.3, -0.25) is 4.79 Å². The van der Waals surface area contributed by atoms with Crippen LogP contribution >= 0.6 is 0 Å². The van der Waals surface area contributed by atoms with Gasteiger partial charge in [0.1, 0.15) is 5.75 Å². The van der Waals surface area contributed by atoms with Crippen LogP contribution in [0.4, 0.5) is 0 Å². The molecule has 7 heteroatoms. The van der Waals surface area contributed by atoms with Crippen LogP contribution in [0.3, 0.4) is 0 Å². The van der Waals surface area contributed by atoms with E-state index in [4.69, 9.17) is 4.74 Å². The van der Waals surface area contributed by atoms with E-state index in [0.717, 1.165) is 6.42 Å². The quantitative estimate of drug-likeness (QED) is 0.822. The van der Waals surface area contributed by atoms with Gasteiger partial charge in [0.2, 0.25) is 15.9 Å². The molecule has 1 saturated heterocycles. The van der Waals surface area contributed by atoms with E-state index in [2.05, 4.69) is 10.0 Å². The summed E-state index contributed by atoms with van der Waals surface area (Å²) < 4.78 is 32.5. The van der Waals surface area contributed by atoms with Gasteiger partial charge in [0.15, 0.2) is 0 Å². The Morgan fingerprint density at radius 3 is 2.62 bits per heavy atom. The van der Waals surface area contributed by atoms with Crippen molar-refractivity contribution >= 4 is 15.9 Å². The molecule has 1 aliphatic rings. The van der Waals surface area contributed by atoms with Crippen molar-refractivity contribution in [2.75, 3.05) is 13.2 Å². The van der Waals surface area contributed by atoms with Crippen LogP contribution in [-0.2, 0) is 14.8 Å². The number of ether oxygens (including phenoxy) is 1. The van der Waals surface area contributed by atoms with E-state index in [1.54, 1.807) is 12.1 Å². The van der Waals surface area contributed by atoms with E-state index < -0.39 is 10.0 Å². The molecule has 0 aliphatic carbocycles. The summed E-state index contributed by atoms with van der Waals surface area (Å²) in [5, 5.41) is 2.65. The van der Waals surface area contributed by atoms with E-state index in [-0.39, 0.29) is 16.8 Å². The summed E-state index contributed by atoms with van der Waals surface area (Å²) in [4.78, 5) is 11.3. The van der Waals surface area contributed by atoms with Crippen LogP contribution in [0, 0.1) is 0 Å². The van der Waals surface area contributed by atoms with Gasteiger partial charge < -0.3 is 10.1 Å². The fourth-order valence-electron chi connectivity index (χ4n) is 2.06. The number of sulfonamides is 1. The second-order valence-electron chi connectivity index (χ2n) is 4.98. The molecule has 1 atom stereocenters. The topological polar surface area (TPSA) is 84.5 Å². The van der Waals surface area contributed by atoms with Crippen molar-refractivity contribution in [2.45, 2.75) is 37.1 Å². The maximum absolute atomic E-state index is 12.2. The van der Waals surface area contributed by atoms with E-state index in [1.165, 1.54) is 12.1 Å². The lowest BCUT2D eigenvalue weighted by molar-refractivity contribution is -0.122. The number of nitrogens with one attached hydrogen (secondary N) is 2. The molecular formula is C14H20N2O4S. The molecule has 1 heterocycles. The van der Waals surface area contributed by atoms with Crippen molar-refractivity contribution in [3.05, 3.63) is 24.3 Å². The van der Waals surface area contributed by atoms with Gasteiger partial charge in [-0.2, -0.15) is 0 Å². The number of hydrogen-bond donors (Lipinski definition) is 2. The number of carbonyl (C=O) groups excluding carboxylic acids is 1. The Morgan fingerprint density at radius 2 is 2.05 bits per heavy atom. The molecule has 0 saturated carbocycles. The maximum Gasteiger partial charge on any atom is 0.240 e. The first-order valence-electron chi connectivity index (χ1n) is 7.03. The van der Waals surface area contributed by atoms with Crippen LogP contribution in [0.5, 0.6) is 5.75 Å². The molecule has 2 N–H and O–H groups in total. The monoisotopic (exact) mass is 312 g/mol.